The average molecular weight is 643 g/mol. The Balaban J connectivity index is 1.21. The number of hydrogen-bond acceptors (Lipinski definition) is 4. The molecule has 0 radical (unpaired) electrons. The molecule has 6 aromatic carbocycles. The summed E-state index contributed by atoms with van der Waals surface area (Å²) in [5.41, 5.74) is 9.52. The van der Waals surface area contributed by atoms with Crippen LogP contribution in [-0.2, 0) is 0 Å². The molecule has 5 nitrogen and oxygen atoms in total. The van der Waals surface area contributed by atoms with E-state index in [1.165, 1.54) is 21.7 Å². The highest BCUT2D eigenvalue weighted by Gasteiger charge is 2.29. The molecule has 0 spiro atoms. The highest BCUT2D eigenvalue weighted by atomic mass is 16.5. The van der Waals surface area contributed by atoms with Crippen molar-refractivity contribution in [3.63, 3.8) is 0 Å². The van der Waals surface area contributed by atoms with Crippen molar-refractivity contribution in [3.8, 4) is 62.3 Å². The smallest absolute Gasteiger partial charge is 0.164 e. The zero-order valence-corrected chi connectivity index (χ0v) is 27.1. The summed E-state index contributed by atoms with van der Waals surface area (Å²) >= 11 is 0. The number of rotatable bonds is 4. The largest absolute Gasteiger partial charge is 0.456 e. The molecular formula is C45H30N4O. The molecule has 0 N–H and O–H groups in total. The maximum Gasteiger partial charge on any atom is 0.164 e. The number of para-hydroxylation sites is 2. The monoisotopic (exact) mass is 642 g/mol. The second-order valence-corrected chi connectivity index (χ2v) is 12.7. The van der Waals surface area contributed by atoms with Crippen molar-refractivity contribution in [3.05, 3.63) is 164 Å². The third-order valence-electron chi connectivity index (χ3n) is 9.68. The molecule has 5 heteroatoms. The predicted molar refractivity (Wildman–Crippen MR) is 202 cm³/mol. The summed E-state index contributed by atoms with van der Waals surface area (Å²) < 4.78 is 9.02. The normalized spacial score (nSPS) is 13.2. The Morgan fingerprint density at radius 1 is 0.520 bits per heavy atom. The van der Waals surface area contributed by atoms with Crippen LogP contribution < -0.4 is 4.74 Å². The van der Waals surface area contributed by atoms with Gasteiger partial charge in [0.05, 0.1) is 11.2 Å². The molecule has 0 fully saturated rings. The molecule has 0 saturated carbocycles. The lowest BCUT2D eigenvalue weighted by Gasteiger charge is -2.15. The lowest BCUT2D eigenvalue weighted by Crippen LogP contribution is -2.03. The van der Waals surface area contributed by atoms with Gasteiger partial charge in [0.15, 0.2) is 17.5 Å². The Morgan fingerprint density at radius 2 is 1.18 bits per heavy atom. The minimum Gasteiger partial charge on any atom is -0.456 e. The van der Waals surface area contributed by atoms with Crippen molar-refractivity contribution in [2.24, 2.45) is 0 Å². The molecule has 236 valence electrons. The zero-order valence-electron chi connectivity index (χ0n) is 27.1. The van der Waals surface area contributed by atoms with Crippen LogP contribution in [0.3, 0.4) is 0 Å². The molecule has 2 aliphatic rings. The van der Waals surface area contributed by atoms with Crippen molar-refractivity contribution < 1.29 is 4.74 Å². The molecule has 0 atom stereocenters. The lowest BCUT2D eigenvalue weighted by molar-refractivity contribution is 0.487. The van der Waals surface area contributed by atoms with Crippen molar-refractivity contribution >= 4 is 27.2 Å². The third-order valence-corrected chi connectivity index (χ3v) is 9.68. The summed E-state index contributed by atoms with van der Waals surface area (Å²) in [5.74, 6) is 3.69. The van der Waals surface area contributed by atoms with E-state index in [9.17, 15) is 0 Å². The van der Waals surface area contributed by atoms with E-state index in [4.69, 9.17) is 19.7 Å². The van der Waals surface area contributed by atoms with Crippen molar-refractivity contribution in [1.82, 2.24) is 19.5 Å². The number of allylic oxidation sites excluding steroid dienone is 4. The second kappa shape index (κ2) is 11.5. The Morgan fingerprint density at radius 3 is 1.96 bits per heavy atom. The van der Waals surface area contributed by atoms with E-state index in [1.807, 2.05) is 42.5 Å². The van der Waals surface area contributed by atoms with E-state index in [-0.39, 0.29) is 0 Å². The Kier molecular flexibility index (Phi) is 6.56. The number of nitrogens with zero attached hydrogens (tertiary/aromatic N) is 4. The molecule has 2 aromatic heterocycles. The number of aromatic nitrogens is 4. The van der Waals surface area contributed by atoms with Crippen LogP contribution in [-0.4, -0.2) is 19.5 Å². The summed E-state index contributed by atoms with van der Waals surface area (Å²) in [7, 11) is 0. The van der Waals surface area contributed by atoms with Gasteiger partial charge < -0.3 is 9.30 Å². The van der Waals surface area contributed by atoms with Gasteiger partial charge in [0.25, 0.3) is 0 Å². The molecule has 3 heterocycles. The highest BCUT2D eigenvalue weighted by molar-refractivity contribution is 6.17. The molecule has 8 aromatic rings. The molecule has 0 bridgehead atoms. The van der Waals surface area contributed by atoms with Crippen LogP contribution in [0.25, 0.3) is 78.1 Å². The maximum atomic E-state index is 6.61. The molecule has 1 aliphatic heterocycles. The standard InChI is InChI=1S/C45H30N4O/c1-3-14-30(15-4-1)43-46-44(31-16-5-2-6-17-31)48-45(47-43)32-23-26-33(27-24-32)49-41-34-18-8-7-13-29(34)25-28-37(41)40-35-19-9-11-21-38(35)50-39-22-12-10-20-36(39)42(40)49/h1,3-5,7-28H,2,6H2. The summed E-state index contributed by atoms with van der Waals surface area (Å²) in [4.78, 5) is 14.9. The van der Waals surface area contributed by atoms with Gasteiger partial charge in [0.2, 0.25) is 0 Å². The first-order valence-electron chi connectivity index (χ1n) is 17.0. The van der Waals surface area contributed by atoms with Gasteiger partial charge in [-0.25, -0.2) is 15.0 Å². The van der Waals surface area contributed by atoms with Gasteiger partial charge in [-0.05, 0) is 60.7 Å². The second-order valence-electron chi connectivity index (χ2n) is 12.7. The third kappa shape index (κ3) is 4.59. The number of hydrogen-bond donors (Lipinski definition) is 0. The Hall–Kier alpha value is -6.59. The van der Waals surface area contributed by atoms with Gasteiger partial charge in [-0.2, -0.15) is 0 Å². The van der Waals surface area contributed by atoms with Gasteiger partial charge in [0, 0.05) is 49.9 Å². The minimum atomic E-state index is 0.648. The Bertz CT molecular complexity index is 2670. The van der Waals surface area contributed by atoms with E-state index in [1.54, 1.807) is 0 Å². The fraction of sp³-hybridized carbons (Fsp3) is 0.0444. The first-order chi connectivity index (χ1) is 24.8. The predicted octanol–water partition coefficient (Wildman–Crippen LogP) is 11.5. The van der Waals surface area contributed by atoms with E-state index in [0.717, 1.165) is 69.1 Å². The average Bonchev–Trinajstić information content (AvgIpc) is 3.46. The molecule has 1 aliphatic carbocycles. The molecule has 0 amide bonds. The maximum absolute atomic E-state index is 6.61. The van der Waals surface area contributed by atoms with E-state index in [2.05, 4.69) is 120 Å². The number of benzene rings is 6. The SMILES string of the molecule is C1=CC(c2nc(-c3ccccc3)nc(-c3ccc(-n4c5c(c6ccc7ccccc7c64)-c4ccccc4Oc4ccccc4-5)cc3)n2)=CCC1. The Labute approximate surface area is 289 Å². The summed E-state index contributed by atoms with van der Waals surface area (Å²) in [6.45, 7) is 0. The van der Waals surface area contributed by atoms with Crippen LogP contribution >= 0.6 is 0 Å². The molecular weight excluding hydrogens is 613 g/mol. The molecule has 0 saturated heterocycles. The summed E-state index contributed by atoms with van der Waals surface area (Å²) in [6, 6.07) is 48.6. The minimum absolute atomic E-state index is 0.648. The fourth-order valence-corrected chi connectivity index (χ4v) is 7.36. The van der Waals surface area contributed by atoms with Gasteiger partial charge in [-0.1, -0.05) is 115 Å². The zero-order chi connectivity index (χ0) is 33.0. The molecule has 0 unspecified atom stereocenters. The van der Waals surface area contributed by atoms with Crippen LogP contribution in [0.5, 0.6) is 11.5 Å². The first-order valence-corrected chi connectivity index (χ1v) is 17.0. The van der Waals surface area contributed by atoms with Crippen molar-refractivity contribution in [2.45, 2.75) is 12.8 Å². The van der Waals surface area contributed by atoms with Crippen LogP contribution in [0.15, 0.2) is 158 Å². The van der Waals surface area contributed by atoms with Crippen LogP contribution in [0.2, 0.25) is 0 Å². The molecule has 50 heavy (non-hydrogen) atoms. The van der Waals surface area contributed by atoms with Crippen LogP contribution in [0.1, 0.15) is 18.7 Å². The number of fused-ring (bicyclic) bond motifs is 9. The summed E-state index contributed by atoms with van der Waals surface area (Å²) in [5, 5.41) is 3.57. The highest BCUT2D eigenvalue weighted by Crippen LogP contribution is 2.52. The fourth-order valence-electron chi connectivity index (χ4n) is 7.36. The van der Waals surface area contributed by atoms with E-state index in [0.29, 0.717) is 17.5 Å². The van der Waals surface area contributed by atoms with Crippen molar-refractivity contribution in [2.75, 3.05) is 0 Å². The van der Waals surface area contributed by atoms with Gasteiger partial charge in [0.1, 0.15) is 11.5 Å². The van der Waals surface area contributed by atoms with Crippen LogP contribution in [0, 0.1) is 0 Å². The van der Waals surface area contributed by atoms with E-state index >= 15 is 0 Å². The topological polar surface area (TPSA) is 52.8 Å². The number of ether oxygens (including phenoxy) is 1. The molecule has 10 rings (SSSR count). The van der Waals surface area contributed by atoms with Gasteiger partial charge in [-0.15, -0.1) is 0 Å². The van der Waals surface area contributed by atoms with Crippen molar-refractivity contribution in [1.29, 1.82) is 0 Å². The van der Waals surface area contributed by atoms with Gasteiger partial charge in [-0.3, -0.25) is 0 Å². The lowest BCUT2D eigenvalue weighted by atomic mass is 9.97. The quantitative estimate of drug-likeness (QED) is 0.192. The van der Waals surface area contributed by atoms with Crippen LogP contribution in [0.4, 0.5) is 0 Å². The first kappa shape index (κ1) is 28.4. The van der Waals surface area contributed by atoms with Gasteiger partial charge >= 0.3 is 0 Å². The van der Waals surface area contributed by atoms with E-state index < -0.39 is 0 Å². The summed E-state index contributed by atoms with van der Waals surface area (Å²) in [6.07, 6.45) is 8.52.